The Hall–Kier alpha value is -1.75. The van der Waals surface area contributed by atoms with Gasteiger partial charge in [-0.05, 0) is 30.3 Å². The summed E-state index contributed by atoms with van der Waals surface area (Å²) in [6.45, 7) is 0.0297. The van der Waals surface area contributed by atoms with E-state index in [0.29, 0.717) is 10.7 Å². The molecule has 0 aromatic heterocycles. The van der Waals surface area contributed by atoms with Crippen LogP contribution in [-0.2, 0) is 0 Å². The number of nitrogens with one attached hydrogen (secondary N) is 1. The molecule has 7 heteroatoms. The highest BCUT2D eigenvalue weighted by atomic mass is 35.5. The van der Waals surface area contributed by atoms with Crippen LogP contribution in [0.25, 0.3) is 0 Å². The molecule has 3 rings (SSSR count). The second-order valence-corrected chi connectivity index (χ2v) is 5.95. The van der Waals surface area contributed by atoms with Crippen molar-refractivity contribution in [2.24, 2.45) is 0 Å². The monoisotopic (exact) mass is 354 g/mol. The lowest BCUT2D eigenvalue weighted by Crippen LogP contribution is -2.34. The lowest BCUT2D eigenvalue weighted by molar-refractivity contribution is 0.0666. The summed E-state index contributed by atoms with van der Waals surface area (Å²) in [5.74, 6) is -0.818. The van der Waals surface area contributed by atoms with Crippen molar-refractivity contribution in [3.8, 4) is 0 Å². The predicted molar refractivity (Wildman–Crippen MR) is 86.9 cm³/mol. The normalized spacial score (nSPS) is 13.5. The summed E-state index contributed by atoms with van der Waals surface area (Å²) in [6.07, 6.45) is 0. The van der Waals surface area contributed by atoms with Crippen molar-refractivity contribution in [2.75, 3.05) is 12.0 Å². The maximum atomic E-state index is 12.3. The number of benzene rings is 2. The molecule has 22 heavy (non-hydrogen) atoms. The number of hydrogen-bond acceptors (Lipinski definition) is 3. The first kappa shape index (κ1) is 15.2. The number of hydrogen-bond donors (Lipinski definition) is 1. The van der Waals surface area contributed by atoms with E-state index in [1.165, 1.54) is 12.1 Å². The zero-order chi connectivity index (χ0) is 15.9. The highest BCUT2D eigenvalue weighted by molar-refractivity contribution is 6.43. The maximum Gasteiger partial charge on any atom is 0.263 e. The second kappa shape index (κ2) is 5.80. The van der Waals surface area contributed by atoms with Crippen LogP contribution in [0.5, 0.6) is 0 Å². The van der Waals surface area contributed by atoms with Gasteiger partial charge < -0.3 is 5.32 Å². The Kier molecular flexibility index (Phi) is 4.00. The molecule has 2 amide bonds. The quantitative estimate of drug-likeness (QED) is 0.835. The summed E-state index contributed by atoms with van der Waals surface area (Å²) < 4.78 is 0. The van der Waals surface area contributed by atoms with Gasteiger partial charge in [-0.1, -0.05) is 40.9 Å². The smallest absolute Gasteiger partial charge is 0.263 e. The van der Waals surface area contributed by atoms with Gasteiger partial charge in [0.1, 0.15) is 0 Å². The predicted octanol–water partition coefficient (Wildman–Crippen LogP) is 4.31. The van der Waals surface area contributed by atoms with Crippen LogP contribution in [0.3, 0.4) is 0 Å². The molecule has 2 aromatic rings. The molecule has 1 N–H and O–H groups in total. The van der Waals surface area contributed by atoms with Gasteiger partial charge in [-0.15, -0.1) is 0 Å². The minimum atomic E-state index is -0.409. The molecular formula is C15H9Cl3N2O2. The molecule has 1 aliphatic rings. The van der Waals surface area contributed by atoms with Gasteiger partial charge in [0.2, 0.25) is 0 Å². The first-order valence-corrected chi connectivity index (χ1v) is 7.45. The summed E-state index contributed by atoms with van der Waals surface area (Å²) in [6, 6.07) is 9.83. The van der Waals surface area contributed by atoms with Crippen molar-refractivity contribution >= 4 is 52.3 Å². The second-order valence-electron chi connectivity index (χ2n) is 4.70. The van der Waals surface area contributed by atoms with Gasteiger partial charge in [-0.2, -0.15) is 0 Å². The molecule has 0 saturated heterocycles. The topological polar surface area (TPSA) is 49.4 Å². The summed E-state index contributed by atoms with van der Waals surface area (Å²) in [7, 11) is 0. The standard InChI is InChI=1S/C15H9Cl3N2O2/c16-8-2-1-3-9(4-8)19-7-20-14(21)10-5-12(17)13(18)6-11(10)15(20)22/h1-6,19H,7H2. The van der Waals surface area contributed by atoms with Crippen LogP contribution in [0.15, 0.2) is 36.4 Å². The van der Waals surface area contributed by atoms with Crippen LogP contribution in [-0.4, -0.2) is 23.4 Å². The highest BCUT2D eigenvalue weighted by Crippen LogP contribution is 2.31. The third-order valence-electron chi connectivity index (χ3n) is 3.28. The molecule has 2 aromatic carbocycles. The molecule has 112 valence electrons. The van der Waals surface area contributed by atoms with Gasteiger partial charge >= 0.3 is 0 Å². The van der Waals surface area contributed by atoms with Gasteiger partial charge in [0.25, 0.3) is 11.8 Å². The molecule has 1 heterocycles. The minimum absolute atomic E-state index is 0.0297. The molecule has 1 aliphatic heterocycles. The lowest BCUT2D eigenvalue weighted by Gasteiger charge is -2.15. The molecule has 0 atom stereocenters. The van der Waals surface area contributed by atoms with E-state index < -0.39 is 11.8 Å². The zero-order valence-corrected chi connectivity index (χ0v) is 13.3. The Balaban J connectivity index is 1.82. The van der Waals surface area contributed by atoms with Crippen molar-refractivity contribution in [1.29, 1.82) is 0 Å². The summed E-state index contributed by atoms with van der Waals surface area (Å²) >= 11 is 17.7. The molecule has 0 spiro atoms. The fourth-order valence-corrected chi connectivity index (χ4v) is 2.71. The first-order valence-electron chi connectivity index (χ1n) is 6.32. The van der Waals surface area contributed by atoms with Gasteiger partial charge in [0.05, 0.1) is 27.8 Å². The number of carbonyl (C=O) groups is 2. The third-order valence-corrected chi connectivity index (χ3v) is 4.23. The number of nitrogens with zero attached hydrogens (tertiary/aromatic N) is 1. The Labute approximate surface area is 141 Å². The van der Waals surface area contributed by atoms with Crippen LogP contribution in [0.4, 0.5) is 5.69 Å². The molecule has 0 unspecified atom stereocenters. The van der Waals surface area contributed by atoms with Crippen molar-refractivity contribution in [3.63, 3.8) is 0 Å². The maximum absolute atomic E-state index is 12.3. The SMILES string of the molecule is O=C1c2cc(Cl)c(Cl)cc2C(=O)N1CNc1cccc(Cl)c1. The Morgan fingerprint density at radius 2 is 1.50 bits per heavy atom. The molecule has 0 fully saturated rings. The van der Waals surface area contributed by atoms with Crippen molar-refractivity contribution in [1.82, 2.24) is 4.90 Å². The lowest BCUT2D eigenvalue weighted by atomic mass is 10.1. The number of fused-ring (bicyclic) bond motifs is 1. The van der Waals surface area contributed by atoms with E-state index >= 15 is 0 Å². The van der Waals surface area contributed by atoms with Crippen LogP contribution in [0.1, 0.15) is 20.7 Å². The minimum Gasteiger partial charge on any atom is -0.367 e. The Morgan fingerprint density at radius 3 is 2.05 bits per heavy atom. The van der Waals surface area contributed by atoms with E-state index in [9.17, 15) is 9.59 Å². The average Bonchev–Trinajstić information content (AvgIpc) is 2.70. The number of halogens is 3. The highest BCUT2D eigenvalue weighted by Gasteiger charge is 2.36. The van der Waals surface area contributed by atoms with Crippen LogP contribution in [0, 0.1) is 0 Å². The fourth-order valence-electron chi connectivity index (χ4n) is 2.20. The fraction of sp³-hybridized carbons (Fsp3) is 0.0667. The molecule has 4 nitrogen and oxygen atoms in total. The molecule has 0 saturated carbocycles. The third kappa shape index (κ3) is 2.65. The molecule has 0 radical (unpaired) electrons. The Bertz CT molecular complexity index is 751. The van der Waals surface area contributed by atoms with E-state index in [1.54, 1.807) is 24.3 Å². The van der Waals surface area contributed by atoms with E-state index in [0.717, 1.165) is 4.90 Å². The van der Waals surface area contributed by atoms with Crippen molar-refractivity contribution < 1.29 is 9.59 Å². The molecular weight excluding hydrogens is 347 g/mol. The summed E-state index contributed by atoms with van der Waals surface area (Å²) in [5, 5.41) is 4.03. The van der Waals surface area contributed by atoms with Crippen LogP contribution >= 0.6 is 34.8 Å². The van der Waals surface area contributed by atoms with Gasteiger partial charge in [-0.25, -0.2) is 0 Å². The average molecular weight is 356 g/mol. The first-order chi connectivity index (χ1) is 10.5. The van der Waals surface area contributed by atoms with Gasteiger partial charge in [-0.3, -0.25) is 14.5 Å². The van der Waals surface area contributed by atoms with Gasteiger partial charge in [0, 0.05) is 10.7 Å². The van der Waals surface area contributed by atoms with Crippen LogP contribution < -0.4 is 5.32 Å². The number of rotatable bonds is 3. The number of anilines is 1. The van der Waals surface area contributed by atoms with Crippen LogP contribution in [0.2, 0.25) is 15.1 Å². The summed E-state index contributed by atoms with van der Waals surface area (Å²) in [5.41, 5.74) is 1.22. The molecule has 0 aliphatic carbocycles. The largest absolute Gasteiger partial charge is 0.367 e. The summed E-state index contributed by atoms with van der Waals surface area (Å²) in [4.78, 5) is 25.7. The van der Waals surface area contributed by atoms with E-state index in [1.807, 2.05) is 0 Å². The van der Waals surface area contributed by atoms with Gasteiger partial charge in [0.15, 0.2) is 0 Å². The van der Waals surface area contributed by atoms with E-state index in [2.05, 4.69) is 5.32 Å². The number of amides is 2. The Morgan fingerprint density at radius 1 is 0.909 bits per heavy atom. The van der Waals surface area contributed by atoms with Crippen molar-refractivity contribution in [2.45, 2.75) is 0 Å². The molecule has 0 bridgehead atoms. The van der Waals surface area contributed by atoms with E-state index in [4.69, 9.17) is 34.8 Å². The number of imide groups is 1. The number of carbonyl (C=O) groups excluding carboxylic acids is 2. The van der Waals surface area contributed by atoms with E-state index in [-0.39, 0.29) is 27.8 Å². The zero-order valence-electron chi connectivity index (χ0n) is 11.1. The van der Waals surface area contributed by atoms with Crippen molar-refractivity contribution in [3.05, 3.63) is 62.6 Å².